The van der Waals surface area contributed by atoms with Gasteiger partial charge in [-0.1, -0.05) is 20.8 Å². The van der Waals surface area contributed by atoms with Crippen LogP contribution in [-0.4, -0.2) is 55.4 Å². The van der Waals surface area contributed by atoms with E-state index in [2.05, 4.69) is 4.98 Å². The first-order chi connectivity index (χ1) is 10.8. The van der Waals surface area contributed by atoms with Crippen LogP contribution in [0.5, 0.6) is 5.88 Å². The molecule has 1 unspecified atom stereocenters. The lowest BCUT2D eigenvalue weighted by Gasteiger charge is -2.23. The normalized spacial score (nSPS) is 21.0. The molecule has 0 N–H and O–H groups in total. The van der Waals surface area contributed by atoms with Gasteiger partial charge in [0.15, 0.2) is 9.84 Å². The molecule has 128 valence electrons. The first-order valence-electron chi connectivity index (χ1n) is 7.86. The van der Waals surface area contributed by atoms with Crippen LogP contribution in [0.1, 0.15) is 31.1 Å². The molecule has 0 aliphatic carbocycles. The van der Waals surface area contributed by atoms with E-state index in [9.17, 15) is 13.2 Å². The van der Waals surface area contributed by atoms with E-state index in [1.165, 1.54) is 0 Å². The lowest BCUT2D eigenvalue weighted by Crippen LogP contribution is -2.35. The molecule has 0 radical (unpaired) electrons. The summed E-state index contributed by atoms with van der Waals surface area (Å²) in [5.74, 6) is 0.463. The number of hydrogen-bond acceptors (Lipinski definition) is 5. The van der Waals surface area contributed by atoms with E-state index < -0.39 is 9.84 Å². The maximum Gasteiger partial charge on any atom is 0.259 e. The summed E-state index contributed by atoms with van der Waals surface area (Å²) in [5, 5.41) is 0. The van der Waals surface area contributed by atoms with Crippen molar-refractivity contribution in [2.24, 2.45) is 11.8 Å². The third kappa shape index (κ3) is 4.92. The quantitative estimate of drug-likeness (QED) is 0.832. The number of nitrogens with zero attached hydrogens (tertiary/aromatic N) is 2. The Labute approximate surface area is 137 Å². The summed E-state index contributed by atoms with van der Waals surface area (Å²) < 4.78 is 29.3. The molecule has 0 spiro atoms. The van der Waals surface area contributed by atoms with Gasteiger partial charge in [-0.2, -0.15) is 0 Å². The molecule has 0 aromatic carbocycles. The SMILES string of the molecule is CC(C)COc1ncccc1C(=O)N1CCS(=O)(=O)CC(C)C1. The summed E-state index contributed by atoms with van der Waals surface area (Å²) in [5.41, 5.74) is 0.389. The third-order valence-corrected chi connectivity index (χ3v) is 5.47. The van der Waals surface area contributed by atoms with Crippen LogP contribution in [-0.2, 0) is 9.84 Å². The van der Waals surface area contributed by atoms with Gasteiger partial charge in [0.1, 0.15) is 5.56 Å². The maximum atomic E-state index is 12.8. The molecule has 1 atom stereocenters. The summed E-state index contributed by atoms with van der Waals surface area (Å²) in [7, 11) is -3.09. The van der Waals surface area contributed by atoms with Crippen molar-refractivity contribution in [1.29, 1.82) is 0 Å². The molecule has 7 heteroatoms. The zero-order valence-corrected chi connectivity index (χ0v) is 14.7. The number of carbonyl (C=O) groups is 1. The zero-order chi connectivity index (χ0) is 17.0. The number of hydrogen-bond donors (Lipinski definition) is 0. The number of rotatable bonds is 4. The van der Waals surface area contributed by atoms with Gasteiger partial charge in [0, 0.05) is 19.3 Å². The van der Waals surface area contributed by atoms with E-state index in [4.69, 9.17) is 4.74 Å². The monoisotopic (exact) mass is 340 g/mol. The van der Waals surface area contributed by atoms with Crippen LogP contribution in [0.25, 0.3) is 0 Å². The van der Waals surface area contributed by atoms with E-state index >= 15 is 0 Å². The lowest BCUT2D eigenvalue weighted by molar-refractivity contribution is 0.0745. The molecule has 6 nitrogen and oxygen atoms in total. The van der Waals surface area contributed by atoms with Crippen LogP contribution in [0.4, 0.5) is 0 Å². The lowest BCUT2D eigenvalue weighted by atomic mass is 10.1. The Bertz CT molecular complexity index is 658. The largest absolute Gasteiger partial charge is 0.477 e. The topological polar surface area (TPSA) is 76.6 Å². The van der Waals surface area contributed by atoms with Crippen LogP contribution in [0, 0.1) is 11.8 Å². The van der Waals surface area contributed by atoms with Crippen LogP contribution in [0.15, 0.2) is 18.3 Å². The van der Waals surface area contributed by atoms with Crippen LogP contribution in [0.3, 0.4) is 0 Å². The Balaban J connectivity index is 2.19. The zero-order valence-electron chi connectivity index (χ0n) is 13.9. The highest BCUT2D eigenvalue weighted by atomic mass is 32.2. The van der Waals surface area contributed by atoms with Gasteiger partial charge in [-0.15, -0.1) is 0 Å². The molecular weight excluding hydrogens is 316 g/mol. The molecule has 0 saturated carbocycles. The number of sulfone groups is 1. The van der Waals surface area contributed by atoms with E-state index in [1.807, 2.05) is 20.8 Å². The van der Waals surface area contributed by atoms with Crippen molar-refractivity contribution in [2.75, 3.05) is 31.2 Å². The summed E-state index contributed by atoms with van der Waals surface area (Å²) in [6.07, 6.45) is 1.59. The number of amides is 1. The van der Waals surface area contributed by atoms with Crippen molar-refractivity contribution in [3.63, 3.8) is 0 Å². The van der Waals surface area contributed by atoms with Crippen molar-refractivity contribution >= 4 is 15.7 Å². The molecular formula is C16H24N2O4S. The fraction of sp³-hybridized carbons (Fsp3) is 0.625. The second-order valence-corrected chi connectivity index (χ2v) is 8.76. The van der Waals surface area contributed by atoms with Gasteiger partial charge in [-0.25, -0.2) is 13.4 Å². The van der Waals surface area contributed by atoms with Crippen molar-refractivity contribution in [2.45, 2.75) is 20.8 Å². The second kappa shape index (κ2) is 7.29. The molecule has 1 aliphatic heterocycles. The highest BCUT2D eigenvalue weighted by Gasteiger charge is 2.29. The fourth-order valence-electron chi connectivity index (χ4n) is 2.56. The molecule has 1 aromatic rings. The molecule has 2 rings (SSSR count). The Hall–Kier alpha value is -1.63. The second-order valence-electron chi connectivity index (χ2n) is 6.53. The molecule has 0 bridgehead atoms. The summed E-state index contributed by atoms with van der Waals surface area (Å²) >= 11 is 0. The maximum absolute atomic E-state index is 12.8. The Morgan fingerprint density at radius 3 is 2.91 bits per heavy atom. The minimum Gasteiger partial charge on any atom is -0.477 e. The highest BCUT2D eigenvalue weighted by molar-refractivity contribution is 7.91. The van der Waals surface area contributed by atoms with E-state index in [-0.39, 0.29) is 29.9 Å². The van der Waals surface area contributed by atoms with Crippen LogP contribution < -0.4 is 4.74 Å². The molecule has 1 aliphatic rings. The summed E-state index contributed by atoms with van der Waals surface area (Å²) in [6.45, 7) is 7.00. The Morgan fingerprint density at radius 1 is 1.48 bits per heavy atom. The molecule has 1 aromatic heterocycles. The van der Waals surface area contributed by atoms with Crippen molar-refractivity contribution < 1.29 is 17.9 Å². The average molecular weight is 340 g/mol. The van der Waals surface area contributed by atoms with Gasteiger partial charge in [-0.3, -0.25) is 4.79 Å². The molecule has 2 heterocycles. The highest BCUT2D eigenvalue weighted by Crippen LogP contribution is 2.20. The Kier molecular flexibility index (Phi) is 5.62. The van der Waals surface area contributed by atoms with Gasteiger partial charge in [-0.05, 0) is 24.0 Å². The van der Waals surface area contributed by atoms with Gasteiger partial charge in [0.25, 0.3) is 5.91 Å². The number of carbonyl (C=O) groups excluding carboxylic acids is 1. The van der Waals surface area contributed by atoms with Gasteiger partial charge < -0.3 is 9.64 Å². The first-order valence-corrected chi connectivity index (χ1v) is 9.68. The van der Waals surface area contributed by atoms with Crippen LogP contribution in [0.2, 0.25) is 0 Å². The smallest absolute Gasteiger partial charge is 0.259 e. The third-order valence-electron chi connectivity index (χ3n) is 3.58. The Morgan fingerprint density at radius 2 is 2.22 bits per heavy atom. The minimum atomic E-state index is -3.09. The van der Waals surface area contributed by atoms with Crippen LogP contribution >= 0.6 is 0 Å². The number of pyridine rings is 1. The summed E-state index contributed by atoms with van der Waals surface area (Å²) in [6, 6.07) is 3.36. The molecule has 1 saturated heterocycles. The van der Waals surface area contributed by atoms with E-state index in [0.29, 0.717) is 30.5 Å². The minimum absolute atomic E-state index is 0.00548. The van der Waals surface area contributed by atoms with Gasteiger partial charge in [0.05, 0.1) is 18.1 Å². The number of ether oxygens (including phenoxy) is 1. The number of aromatic nitrogens is 1. The molecule has 1 fully saturated rings. The molecule has 1 amide bonds. The van der Waals surface area contributed by atoms with Crippen molar-refractivity contribution in [3.8, 4) is 5.88 Å². The van der Waals surface area contributed by atoms with Gasteiger partial charge in [0.2, 0.25) is 5.88 Å². The van der Waals surface area contributed by atoms with E-state index in [1.54, 1.807) is 23.2 Å². The standard InChI is InChI=1S/C16H24N2O4S/c1-12(2)10-22-15-14(5-4-6-17-15)16(19)18-7-8-23(20,21)11-13(3)9-18/h4-6,12-13H,7-11H2,1-3H3. The van der Waals surface area contributed by atoms with E-state index in [0.717, 1.165) is 0 Å². The summed E-state index contributed by atoms with van der Waals surface area (Å²) in [4.78, 5) is 18.5. The predicted octanol–water partition coefficient (Wildman–Crippen LogP) is 1.62. The molecule has 23 heavy (non-hydrogen) atoms. The van der Waals surface area contributed by atoms with Crippen molar-refractivity contribution in [3.05, 3.63) is 23.9 Å². The first kappa shape index (κ1) is 17.7. The predicted molar refractivity (Wildman–Crippen MR) is 88.3 cm³/mol. The van der Waals surface area contributed by atoms with Crippen molar-refractivity contribution in [1.82, 2.24) is 9.88 Å². The fourth-order valence-corrected chi connectivity index (χ4v) is 4.19. The van der Waals surface area contributed by atoms with Gasteiger partial charge >= 0.3 is 0 Å². The average Bonchev–Trinajstić information content (AvgIpc) is 2.61.